The highest BCUT2D eigenvalue weighted by atomic mass is 32.2. The van der Waals surface area contributed by atoms with Crippen molar-refractivity contribution in [3.63, 3.8) is 0 Å². The van der Waals surface area contributed by atoms with Crippen molar-refractivity contribution in [2.75, 3.05) is 12.9 Å². The van der Waals surface area contributed by atoms with Gasteiger partial charge in [-0.15, -0.1) is 10.2 Å². The van der Waals surface area contributed by atoms with Crippen LogP contribution in [-0.4, -0.2) is 28.8 Å². The molecule has 0 radical (unpaired) electrons. The lowest BCUT2D eigenvalue weighted by molar-refractivity contribution is 0.102. The highest BCUT2D eigenvalue weighted by Crippen LogP contribution is 2.24. The Hall–Kier alpha value is -2.67. The number of hydrogen-bond donors (Lipinski definition) is 0. The lowest BCUT2D eigenvalue weighted by atomic mass is 10.1. The number of rotatable bonds is 6. The fourth-order valence-electron chi connectivity index (χ4n) is 1.96. The Balaban J connectivity index is 1.62. The van der Waals surface area contributed by atoms with Gasteiger partial charge in [0.25, 0.3) is 5.22 Å². The summed E-state index contributed by atoms with van der Waals surface area (Å²) in [5, 5.41) is 8.08. The second kappa shape index (κ2) is 7.27. The molecule has 0 saturated heterocycles. The van der Waals surface area contributed by atoms with Crippen LogP contribution in [0, 0.1) is 5.82 Å². The van der Waals surface area contributed by atoms with Gasteiger partial charge in [0, 0.05) is 11.1 Å². The summed E-state index contributed by atoms with van der Waals surface area (Å²) in [4.78, 5) is 12.1. The normalized spacial score (nSPS) is 10.6. The average molecular weight is 344 g/mol. The number of carbonyl (C=O) groups is 1. The topological polar surface area (TPSA) is 65.2 Å². The maximum Gasteiger partial charge on any atom is 0.277 e. The molecule has 3 rings (SSSR count). The van der Waals surface area contributed by atoms with Crippen LogP contribution in [0.1, 0.15) is 10.4 Å². The van der Waals surface area contributed by atoms with E-state index in [9.17, 15) is 9.18 Å². The second-order valence-electron chi connectivity index (χ2n) is 4.82. The number of nitrogens with zero attached hydrogens (tertiary/aromatic N) is 2. The van der Waals surface area contributed by atoms with E-state index in [1.165, 1.54) is 12.1 Å². The minimum Gasteiger partial charge on any atom is -0.497 e. The molecule has 24 heavy (non-hydrogen) atoms. The average Bonchev–Trinajstić information content (AvgIpc) is 3.09. The summed E-state index contributed by atoms with van der Waals surface area (Å²) in [5.74, 6) is 0.772. The van der Waals surface area contributed by atoms with E-state index >= 15 is 0 Å². The van der Waals surface area contributed by atoms with Crippen LogP contribution in [0.3, 0.4) is 0 Å². The van der Waals surface area contributed by atoms with Crippen molar-refractivity contribution in [2.24, 2.45) is 0 Å². The first kappa shape index (κ1) is 16.2. The first-order valence-electron chi connectivity index (χ1n) is 7.05. The summed E-state index contributed by atoms with van der Waals surface area (Å²) in [6.07, 6.45) is 0. The molecule has 0 bridgehead atoms. The smallest absolute Gasteiger partial charge is 0.277 e. The number of ether oxygens (including phenoxy) is 1. The number of benzene rings is 2. The van der Waals surface area contributed by atoms with Gasteiger partial charge in [-0.3, -0.25) is 4.79 Å². The molecule has 0 atom stereocenters. The van der Waals surface area contributed by atoms with Crippen molar-refractivity contribution >= 4 is 17.5 Å². The van der Waals surface area contributed by atoms with Crippen molar-refractivity contribution in [2.45, 2.75) is 5.22 Å². The van der Waals surface area contributed by atoms with Crippen molar-refractivity contribution < 1.29 is 18.3 Å². The SMILES string of the molecule is COc1ccc(C(=O)CSc2nnc(-c3ccc(F)cc3)o2)cc1. The summed E-state index contributed by atoms with van der Waals surface area (Å²) in [5.41, 5.74) is 1.21. The first-order valence-corrected chi connectivity index (χ1v) is 8.04. The van der Waals surface area contributed by atoms with E-state index in [2.05, 4.69) is 10.2 Å². The van der Waals surface area contributed by atoms with Crippen LogP contribution in [-0.2, 0) is 0 Å². The number of ketones is 1. The predicted molar refractivity (Wildman–Crippen MR) is 87.7 cm³/mol. The third-order valence-corrected chi connectivity index (χ3v) is 4.05. The van der Waals surface area contributed by atoms with E-state index in [0.717, 1.165) is 11.8 Å². The van der Waals surface area contributed by atoms with Crippen LogP contribution < -0.4 is 4.74 Å². The van der Waals surface area contributed by atoms with Crippen molar-refractivity contribution in [1.29, 1.82) is 0 Å². The first-order chi connectivity index (χ1) is 11.7. The number of aromatic nitrogens is 2. The molecule has 3 aromatic rings. The Kier molecular flexibility index (Phi) is 4.90. The van der Waals surface area contributed by atoms with E-state index in [4.69, 9.17) is 9.15 Å². The molecule has 2 aromatic carbocycles. The molecular formula is C17H13FN2O3S. The Bertz CT molecular complexity index is 832. The van der Waals surface area contributed by atoms with E-state index < -0.39 is 0 Å². The summed E-state index contributed by atoms with van der Waals surface area (Å²) in [7, 11) is 1.57. The van der Waals surface area contributed by atoms with Crippen molar-refractivity contribution in [3.8, 4) is 17.2 Å². The van der Waals surface area contributed by atoms with Crippen LogP contribution in [0.25, 0.3) is 11.5 Å². The van der Waals surface area contributed by atoms with Gasteiger partial charge in [0.05, 0.1) is 12.9 Å². The molecule has 1 aromatic heterocycles. The van der Waals surface area contributed by atoms with E-state index in [0.29, 0.717) is 16.9 Å². The van der Waals surface area contributed by atoms with E-state index in [-0.39, 0.29) is 28.5 Å². The van der Waals surface area contributed by atoms with Gasteiger partial charge in [-0.1, -0.05) is 11.8 Å². The molecule has 5 nitrogen and oxygen atoms in total. The molecule has 0 N–H and O–H groups in total. The molecule has 0 aliphatic carbocycles. The number of methoxy groups -OCH3 is 1. The zero-order chi connectivity index (χ0) is 16.9. The maximum atomic E-state index is 12.9. The number of Topliss-reactive ketones (excluding diaryl/α,β-unsaturated/α-hetero) is 1. The molecule has 0 unspecified atom stereocenters. The number of thioether (sulfide) groups is 1. The van der Waals surface area contributed by atoms with Crippen LogP contribution in [0.15, 0.2) is 58.2 Å². The minimum atomic E-state index is -0.335. The zero-order valence-corrected chi connectivity index (χ0v) is 13.5. The van der Waals surface area contributed by atoms with Gasteiger partial charge in [-0.05, 0) is 48.5 Å². The number of halogens is 1. The van der Waals surface area contributed by atoms with Gasteiger partial charge in [-0.2, -0.15) is 0 Å². The van der Waals surface area contributed by atoms with Gasteiger partial charge in [0.2, 0.25) is 5.89 Å². The van der Waals surface area contributed by atoms with Gasteiger partial charge in [0.15, 0.2) is 5.78 Å². The quantitative estimate of drug-likeness (QED) is 0.500. The van der Waals surface area contributed by atoms with Crippen LogP contribution >= 0.6 is 11.8 Å². The number of hydrogen-bond acceptors (Lipinski definition) is 6. The Morgan fingerprint density at radius 3 is 2.50 bits per heavy atom. The maximum absolute atomic E-state index is 12.9. The van der Waals surface area contributed by atoms with Gasteiger partial charge < -0.3 is 9.15 Å². The highest BCUT2D eigenvalue weighted by molar-refractivity contribution is 7.99. The summed E-state index contributed by atoms with van der Waals surface area (Å²) in [6.45, 7) is 0. The fourth-order valence-corrected chi connectivity index (χ4v) is 2.62. The van der Waals surface area contributed by atoms with Gasteiger partial charge in [0.1, 0.15) is 11.6 Å². The summed E-state index contributed by atoms with van der Waals surface area (Å²) < 4.78 is 23.4. The largest absolute Gasteiger partial charge is 0.497 e. The molecule has 0 amide bonds. The fraction of sp³-hybridized carbons (Fsp3) is 0.118. The van der Waals surface area contributed by atoms with Crippen molar-refractivity contribution in [3.05, 3.63) is 59.9 Å². The van der Waals surface area contributed by atoms with Crippen LogP contribution in [0.5, 0.6) is 5.75 Å². The van der Waals surface area contributed by atoms with Crippen LogP contribution in [0.2, 0.25) is 0 Å². The van der Waals surface area contributed by atoms with Gasteiger partial charge >= 0.3 is 0 Å². The Morgan fingerprint density at radius 2 is 1.83 bits per heavy atom. The zero-order valence-electron chi connectivity index (χ0n) is 12.7. The molecule has 0 aliphatic heterocycles. The molecule has 0 aliphatic rings. The molecule has 1 heterocycles. The summed E-state index contributed by atoms with van der Waals surface area (Å²) >= 11 is 1.16. The molecule has 0 fully saturated rings. The highest BCUT2D eigenvalue weighted by Gasteiger charge is 2.12. The molecule has 0 saturated carbocycles. The third-order valence-electron chi connectivity index (χ3n) is 3.24. The predicted octanol–water partition coefficient (Wildman–Crippen LogP) is 3.86. The third kappa shape index (κ3) is 3.80. The monoisotopic (exact) mass is 344 g/mol. The van der Waals surface area contributed by atoms with E-state index in [1.54, 1.807) is 43.5 Å². The Morgan fingerprint density at radius 1 is 1.12 bits per heavy atom. The number of carbonyl (C=O) groups excluding carboxylic acids is 1. The molecular weight excluding hydrogens is 331 g/mol. The molecule has 122 valence electrons. The van der Waals surface area contributed by atoms with Crippen molar-refractivity contribution in [1.82, 2.24) is 10.2 Å². The molecule has 7 heteroatoms. The second-order valence-corrected chi connectivity index (χ2v) is 5.75. The van der Waals surface area contributed by atoms with Crippen LogP contribution in [0.4, 0.5) is 4.39 Å². The van der Waals surface area contributed by atoms with E-state index in [1.807, 2.05) is 0 Å². The van der Waals surface area contributed by atoms with Gasteiger partial charge in [-0.25, -0.2) is 4.39 Å². The standard InChI is InChI=1S/C17H13FN2O3S/c1-22-14-8-4-11(5-9-14)15(21)10-24-17-20-19-16(23-17)12-2-6-13(18)7-3-12/h2-9H,10H2,1H3. The molecule has 0 spiro atoms. The lowest BCUT2D eigenvalue weighted by Gasteiger charge is -2.01. The Labute approximate surface area is 141 Å². The summed E-state index contributed by atoms with van der Waals surface area (Å²) in [6, 6.07) is 12.6. The lowest BCUT2D eigenvalue weighted by Crippen LogP contribution is -2.02. The minimum absolute atomic E-state index is 0.0517.